The number of β-amino-alcohol motifs (C(OH)–C–C–N with tert-alkyl or cyclic N) is 1. The maximum Gasteiger partial charge on any atom is 0.223 e. The van der Waals surface area contributed by atoms with Crippen molar-refractivity contribution in [2.45, 2.75) is 38.2 Å². The average Bonchev–Trinajstić information content (AvgIpc) is 3.00. The van der Waals surface area contributed by atoms with Gasteiger partial charge in [-0.15, -0.1) is 0 Å². The molecule has 0 unspecified atom stereocenters. The number of benzene rings is 1. The number of aliphatic hydroxyl groups excluding tert-OH is 1. The lowest BCUT2D eigenvalue weighted by molar-refractivity contribution is -0.130. The summed E-state index contributed by atoms with van der Waals surface area (Å²) in [7, 11) is 1.58. The molecule has 1 aromatic rings. The second-order valence-electron chi connectivity index (χ2n) is 6.90. The molecule has 0 bridgehead atoms. The van der Waals surface area contributed by atoms with Crippen LogP contribution in [0.3, 0.4) is 0 Å². The Morgan fingerprint density at radius 2 is 2.20 bits per heavy atom. The van der Waals surface area contributed by atoms with Crippen LogP contribution in [0.25, 0.3) is 0 Å². The minimum absolute atomic E-state index is 0.0347. The van der Waals surface area contributed by atoms with E-state index in [1.807, 2.05) is 12.1 Å². The molecule has 1 fully saturated rings. The molecule has 25 heavy (non-hydrogen) atoms. The molecule has 6 heteroatoms. The third-order valence-electron chi connectivity index (χ3n) is 5.09. The van der Waals surface area contributed by atoms with Crippen LogP contribution >= 0.6 is 0 Å². The number of amides is 2. The van der Waals surface area contributed by atoms with E-state index in [0.717, 1.165) is 30.8 Å². The van der Waals surface area contributed by atoms with Crippen LogP contribution in [0.4, 0.5) is 0 Å². The predicted octanol–water partition coefficient (Wildman–Crippen LogP) is 0.900. The van der Waals surface area contributed by atoms with E-state index in [9.17, 15) is 14.7 Å². The summed E-state index contributed by atoms with van der Waals surface area (Å²) in [4.78, 5) is 25.6. The second-order valence-corrected chi connectivity index (χ2v) is 6.90. The number of carbonyl (C=O) groups excluding carboxylic acids is 2. The van der Waals surface area contributed by atoms with Gasteiger partial charge in [0.2, 0.25) is 11.8 Å². The lowest BCUT2D eigenvalue weighted by atomic mass is 10.0. The highest BCUT2D eigenvalue weighted by Gasteiger charge is 2.34. The van der Waals surface area contributed by atoms with E-state index in [-0.39, 0.29) is 24.2 Å². The Morgan fingerprint density at radius 1 is 1.36 bits per heavy atom. The van der Waals surface area contributed by atoms with Crippen LogP contribution in [-0.4, -0.2) is 54.7 Å². The molecule has 2 atom stereocenters. The number of hydrogen-bond donors (Lipinski definition) is 2. The Bertz CT molecular complexity index is 646. The van der Waals surface area contributed by atoms with Gasteiger partial charge in [-0.3, -0.25) is 9.59 Å². The van der Waals surface area contributed by atoms with Crippen LogP contribution in [0, 0.1) is 5.92 Å². The molecule has 0 radical (unpaired) electrons. The maximum atomic E-state index is 12.4. The first kappa shape index (κ1) is 17.7. The monoisotopic (exact) mass is 346 g/mol. The molecule has 0 aromatic heterocycles. The number of aliphatic hydroxyl groups is 1. The van der Waals surface area contributed by atoms with Gasteiger partial charge in [-0.05, 0) is 36.5 Å². The molecule has 2 aliphatic rings. The standard InChI is InChI=1S/C19H26N2O4/c1-20-18(23)10-15-11-21(12-16(15)22)19(24)7-5-13-4-6-17-14(9-13)3-2-8-25-17/h4,6,9,15-16,22H,2-3,5,7-8,10-12H2,1H3,(H,20,23)/t15-,16-/m1/s1. The largest absolute Gasteiger partial charge is 0.493 e. The molecule has 0 aliphatic carbocycles. The summed E-state index contributed by atoms with van der Waals surface area (Å²) in [5.41, 5.74) is 2.36. The van der Waals surface area contributed by atoms with Crippen LogP contribution in [-0.2, 0) is 22.4 Å². The van der Waals surface area contributed by atoms with E-state index in [0.29, 0.717) is 25.9 Å². The highest BCUT2D eigenvalue weighted by atomic mass is 16.5. The molecule has 1 saturated heterocycles. The number of nitrogens with one attached hydrogen (secondary N) is 1. The predicted molar refractivity (Wildman–Crippen MR) is 93.3 cm³/mol. The quantitative estimate of drug-likeness (QED) is 0.830. The number of nitrogens with zero attached hydrogens (tertiary/aromatic N) is 1. The van der Waals surface area contributed by atoms with E-state index in [1.165, 1.54) is 5.56 Å². The van der Waals surface area contributed by atoms with E-state index >= 15 is 0 Å². The van der Waals surface area contributed by atoms with Gasteiger partial charge in [0.1, 0.15) is 5.75 Å². The number of carbonyl (C=O) groups is 2. The Balaban J connectivity index is 1.52. The Kier molecular flexibility index (Phi) is 5.58. The second kappa shape index (κ2) is 7.87. The normalized spacial score (nSPS) is 22.2. The van der Waals surface area contributed by atoms with Crippen molar-refractivity contribution in [2.75, 3.05) is 26.7 Å². The first-order valence-corrected chi connectivity index (χ1v) is 8.98. The van der Waals surface area contributed by atoms with Crippen LogP contribution in [0.1, 0.15) is 30.4 Å². The van der Waals surface area contributed by atoms with Gasteiger partial charge in [0.25, 0.3) is 0 Å². The highest BCUT2D eigenvalue weighted by molar-refractivity contribution is 5.78. The fourth-order valence-corrected chi connectivity index (χ4v) is 3.58. The molecular formula is C19H26N2O4. The highest BCUT2D eigenvalue weighted by Crippen LogP contribution is 2.26. The van der Waals surface area contributed by atoms with Crippen molar-refractivity contribution in [3.8, 4) is 5.75 Å². The smallest absolute Gasteiger partial charge is 0.223 e. The Labute approximate surface area is 148 Å². The molecule has 2 amide bonds. The van der Waals surface area contributed by atoms with Crippen LogP contribution in [0.2, 0.25) is 0 Å². The van der Waals surface area contributed by atoms with E-state index in [4.69, 9.17) is 4.74 Å². The summed E-state index contributed by atoms with van der Waals surface area (Å²) < 4.78 is 5.61. The minimum atomic E-state index is -0.623. The number of ether oxygens (including phenoxy) is 1. The topological polar surface area (TPSA) is 78.9 Å². The van der Waals surface area contributed by atoms with Crippen molar-refractivity contribution >= 4 is 11.8 Å². The zero-order valence-corrected chi connectivity index (χ0v) is 14.7. The minimum Gasteiger partial charge on any atom is -0.493 e. The van der Waals surface area contributed by atoms with Gasteiger partial charge in [-0.2, -0.15) is 0 Å². The van der Waals surface area contributed by atoms with Crippen molar-refractivity contribution in [1.82, 2.24) is 10.2 Å². The van der Waals surface area contributed by atoms with Crippen molar-refractivity contribution in [3.63, 3.8) is 0 Å². The lowest BCUT2D eigenvalue weighted by Gasteiger charge is -2.19. The molecule has 3 rings (SSSR count). The Morgan fingerprint density at radius 3 is 3.00 bits per heavy atom. The molecule has 2 N–H and O–H groups in total. The van der Waals surface area contributed by atoms with Crippen LogP contribution in [0.5, 0.6) is 5.75 Å². The van der Waals surface area contributed by atoms with Crippen molar-refractivity contribution in [2.24, 2.45) is 5.92 Å². The van der Waals surface area contributed by atoms with E-state index in [1.54, 1.807) is 11.9 Å². The zero-order valence-electron chi connectivity index (χ0n) is 14.7. The molecule has 0 spiro atoms. The molecule has 1 aromatic carbocycles. The summed E-state index contributed by atoms with van der Waals surface area (Å²) in [5, 5.41) is 12.6. The number of likely N-dealkylation sites (tertiary alicyclic amines) is 1. The lowest BCUT2D eigenvalue weighted by Crippen LogP contribution is -2.30. The zero-order chi connectivity index (χ0) is 17.8. The number of fused-ring (bicyclic) bond motifs is 1. The van der Waals surface area contributed by atoms with Crippen molar-refractivity contribution < 1.29 is 19.4 Å². The number of hydrogen-bond acceptors (Lipinski definition) is 4. The number of aryl methyl sites for hydroxylation is 2. The van der Waals surface area contributed by atoms with Gasteiger partial charge in [-0.25, -0.2) is 0 Å². The number of rotatable bonds is 5. The molecular weight excluding hydrogens is 320 g/mol. The summed E-state index contributed by atoms with van der Waals surface area (Å²) in [6, 6.07) is 6.15. The SMILES string of the molecule is CNC(=O)C[C@@H]1CN(C(=O)CCc2ccc3c(c2)CCCO3)C[C@H]1O. The van der Waals surface area contributed by atoms with Gasteiger partial charge in [0, 0.05) is 38.9 Å². The molecule has 2 heterocycles. The summed E-state index contributed by atoms with van der Waals surface area (Å²) >= 11 is 0. The molecule has 6 nitrogen and oxygen atoms in total. The summed E-state index contributed by atoms with van der Waals surface area (Å²) in [6.45, 7) is 1.54. The van der Waals surface area contributed by atoms with E-state index < -0.39 is 6.10 Å². The van der Waals surface area contributed by atoms with Gasteiger partial charge < -0.3 is 20.1 Å². The summed E-state index contributed by atoms with van der Waals surface area (Å²) in [5.74, 6) is 0.716. The third-order valence-corrected chi connectivity index (χ3v) is 5.09. The van der Waals surface area contributed by atoms with Gasteiger partial charge in [0.05, 0.1) is 12.7 Å². The average molecular weight is 346 g/mol. The summed E-state index contributed by atoms with van der Waals surface area (Å²) in [6.07, 6.45) is 2.79. The first-order chi connectivity index (χ1) is 12.1. The fraction of sp³-hybridized carbons (Fsp3) is 0.579. The van der Waals surface area contributed by atoms with Gasteiger partial charge >= 0.3 is 0 Å². The maximum absolute atomic E-state index is 12.4. The van der Waals surface area contributed by atoms with Crippen LogP contribution < -0.4 is 10.1 Å². The Hall–Kier alpha value is -2.08. The molecule has 136 valence electrons. The fourth-order valence-electron chi connectivity index (χ4n) is 3.58. The van der Waals surface area contributed by atoms with E-state index in [2.05, 4.69) is 11.4 Å². The third kappa shape index (κ3) is 4.31. The van der Waals surface area contributed by atoms with Crippen molar-refractivity contribution in [1.29, 1.82) is 0 Å². The van der Waals surface area contributed by atoms with Gasteiger partial charge in [0.15, 0.2) is 0 Å². The van der Waals surface area contributed by atoms with Crippen molar-refractivity contribution in [3.05, 3.63) is 29.3 Å². The van der Waals surface area contributed by atoms with Crippen LogP contribution in [0.15, 0.2) is 18.2 Å². The molecule has 0 saturated carbocycles. The molecule has 2 aliphatic heterocycles. The van der Waals surface area contributed by atoms with Gasteiger partial charge in [-0.1, -0.05) is 12.1 Å². The first-order valence-electron chi connectivity index (χ1n) is 8.98.